The SMILES string of the molecule is Cn1cc(-c2cc3c(n2CCC2CC2)C=CCC3S(C)(=O)=O)c2c(c1=O)CCCC2. The van der Waals surface area contributed by atoms with Crippen LogP contribution in [0.5, 0.6) is 0 Å². The second kappa shape index (κ2) is 7.26. The summed E-state index contributed by atoms with van der Waals surface area (Å²) in [5.74, 6) is 0.795. The third-order valence-corrected chi connectivity index (χ3v) is 8.57. The Morgan fingerprint density at radius 3 is 2.57 bits per heavy atom. The molecular formula is C24H30N2O3S. The zero-order chi connectivity index (χ0) is 21.0. The summed E-state index contributed by atoms with van der Waals surface area (Å²) in [6.45, 7) is 0.897. The van der Waals surface area contributed by atoms with E-state index in [1.165, 1.54) is 24.7 Å². The molecule has 2 aromatic rings. The summed E-state index contributed by atoms with van der Waals surface area (Å²) in [6, 6.07) is 2.10. The third-order valence-electron chi connectivity index (χ3n) is 7.09. The lowest BCUT2D eigenvalue weighted by molar-refractivity contribution is 0.583. The summed E-state index contributed by atoms with van der Waals surface area (Å²) in [5, 5.41) is -0.484. The Bertz CT molecular complexity index is 1200. The Morgan fingerprint density at radius 2 is 1.87 bits per heavy atom. The van der Waals surface area contributed by atoms with Crippen molar-refractivity contribution in [2.75, 3.05) is 6.26 Å². The van der Waals surface area contributed by atoms with Gasteiger partial charge < -0.3 is 9.13 Å². The maximum atomic E-state index is 12.7. The van der Waals surface area contributed by atoms with Gasteiger partial charge in [0, 0.05) is 42.9 Å². The van der Waals surface area contributed by atoms with Gasteiger partial charge in [-0.15, -0.1) is 0 Å². The first-order valence-corrected chi connectivity index (χ1v) is 13.1. The van der Waals surface area contributed by atoms with Gasteiger partial charge in [-0.1, -0.05) is 18.9 Å². The van der Waals surface area contributed by atoms with Gasteiger partial charge in [0.25, 0.3) is 5.56 Å². The molecule has 1 saturated carbocycles. The number of aryl methyl sites for hydroxylation is 1. The van der Waals surface area contributed by atoms with Gasteiger partial charge in [-0.3, -0.25) is 4.79 Å². The largest absolute Gasteiger partial charge is 0.341 e. The number of hydrogen-bond donors (Lipinski definition) is 0. The molecule has 0 radical (unpaired) electrons. The number of pyridine rings is 1. The van der Waals surface area contributed by atoms with E-state index < -0.39 is 15.1 Å². The molecule has 1 fully saturated rings. The molecule has 1 unspecified atom stereocenters. The number of aromatic nitrogens is 2. The van der Waals surface area contributed by atoms with E-state index in [0.717, 1.165) is 72.6 Å². The third kappa shape index (κ3) is 3.39. The van der Waals surface area contributed by atoms with Gasteiger partial charge in [-0.2, -0.15) is 0 Å². The van der Waals surface area contributed by atoms with Crippen LogP contribution in [0, 0.1) is 5.92 Å². The zero-order valence-corrected chi connectivity index (χ0v) is 18.7. The van der Waals surface area contributed by atoms with Crippen LogP contribution < -0.4 is 5.56 Å². The van der Waals surface area contributed by atoms with Crippen molar-refractivity contribution in [1.82, 2.24) is 9.13 Å². The second-order valence-electron chi connectivity index (χ2n) is 9.33. The van der Waals surface area contributed by atoms with E-state index in [0.29, 0.717) is 6.42 Å². The summed E-state index contributed by atoms with van der Waals surface area (Å²) in [7, 11) is -1.37. The normalized spacial score (nSPS) is 20.8. The molecule has 30 heavy (non-hydrogen) atoms. The molecule has 0 spiro atoms. The highest BCUT2D eigenvalue weighted by atomic mass is 32.2. The number of sulfone groups is 1. The van der Waals surface area contributed by atoms with Crippen molar-refractivity contribution in [2.45, 2.75) is 63.2 Å². The Morgan fingerprint density at radius 1 is 1.13 bits per heavy atom. The van der Waals surface area contributed by atoms with Crippen LogP contribution in [-0.2, 0) is 36.3 Å². The van der Waals surface area contributed by atoms with E-state index in [1.807, 2.05) is 19.3 Å². The molecule has 1 atom stereocenters. The number of hydrogen-bond acceptors (Lipinski definition) is 3. The fraction of sp³-hybridized carbons (Fsp3) is 0.542. The Balaban J connectivity index is 1.72. The van der Waals surface area contributed by atoms with Crippen LogP contribution in [0.25, 0.3) is 17.3 Å². The van der Waals surface area contributed by atoms with Crippen LogP contribution in [0.2, 0.25) is 0 Å². The van der Waals surface area contributed by atoms with E-state index in [9.17, 15) is 13.2 Å². The average Bonchev–Trinajstić information content (AvgIpc) is 3.47. The molecule has 0 amide bonds. The minimum absolute atomic E-state index is 0.114. The molecule has 5 rings (SSSR count). The molecule has 160 valence electrons. The van der Waals surface area contributed by atoms with Crippen LogP contribution in [-0.4, -0.2) is 23.8 Å². The molecule has 6 heteroatoms. The quantitative estimate of drug-likeness (QED) is 0.725. The predicted molar refractivity (Wildman–Crippen MR) is 120 cm³/mol. The molecule has 3 aliphatic carbocycles. The van der Waals surface area contributed by atoms with Crippen molar-refractivity contribution in [3.8, 4) is 11.3 Å². The molecule has 0 saturated heterocycles. The lowest BCUT2D eigenvalue weighted by Gasteiger charge is -2.22. The fourth-order valence-corrected chi connectivity index (χ4v) is 6.36. The maximum absolute atomic E-state index is 12.7. The Kier molecular flexibility index (Phi) is 4.80. The molecule has 2 aromatic heterocycles. The number of allylic oxidation sites excluding steroid dienone is 1. The van der Waals surface area contributed by atoms with Gasteiger partial charge in [0.1, 0.15) is 0 Å². The lowest BCUT2D eigenvalue weighted by atomic mass is 9.88. The van der Waals surface area contributed by atoms with E-state index in [4.69, 9.17) is 0 Å². The second-order valence-corrected chi connectivity index (χ2v) is 11.6. The van der Waals surface area contributed by atoms with Gasteiger partial charge in [0.05, 0.1) is 10.9 Å². The van der Waals surface area contributed by atoms with Crippen LogP contribution in [0.15, 0.2) is 23.1 Å². The predicted octanol–water partition coefficient (Wildman–Crippen LogP) is 4.04. The van der Waals surface area contributed by atoms with Crippen LogP contribution in [0.4, 0.5) is 0 Å². The first kappa shape index (κ1) is 19.9. The van der Waals surface area contributed by atoms with Crippen molar-refractivity contribution in [2.24, 2.45) is 13.0 Å². The highest BCUT2D eigenvalue weighted by Crippen LogP contribution is 2.41. The summed E-state index contributed by atoms with van der Waals surface area (Å²) >= 11 is 0. The molecule has 5 nitrogen and oxygen atoms in total. The smallest absolute Gasteiger partial charge is 0.253 e. The van der Waals surface area contributed by atoms with Crippen molar-refractivity contribution >= 4 is 15.9 Å². The molecule has 3 aliphatic rings. The van der Waals surface area contributed by atoms with Crippen LogP contribution in [0.1, 0.15) is 66.2 Å². The van der Waals surface area contributed by atoms with E-state index in [1.54, 1.807) is 4.57 Å². The Labute approximate surface area is 178 Å². The molecule has 0 N–H and O–H groups in total. The average molecular weight is 427 g/mol. The Hall–Kier alpha value is -2.08. The summed E-state index contributed by atoms with van der Waals surface area (Å²) < 4.78 is 29.1. The van der Waals surface area contributed by atoms with Gasteiger partial charge >= 0.3 is 0 Å². The van der Waals surface area contributed by atoms with Crippen LogP contribution >= 0.6 is 0 Å². The van der Waals surface area contributed by atoms with E-state index in [-0.39, 0.29) is 5.56 Å². The minimum atomic E-state index is -3.20. The monoisotopic (exact) mass is 426 g/mol. The standard InChI is InChI=1S/C24H30N2O3S/c1-25-15-20(17-6-3-4-7-18(17)24(25)27)22-14-19-21(26(22)13-12-16-10-11-16)8-5-9-23(19)30(2,28)29/h5,8,14-16,23H,3-4,6-7,9-13H2,1-2H3. The summed E-state index contributed by atoms with van der Waals surface area (Å²) in [6.07, 6.45) is 15.6. The highest BCUT2D eigenvalue weighted by Gasteiger charge is 2.32. The molecular weight excluding hydrogens is 396 g/mol. The maximum Gasteiger partial charge on any atom is 0.253 e. The first-order chi connectivity index (χ1) is 14.3. The fourth-order valence-electron chi connectivity index (χ4n) is 5.25. The summed E-state index contributed by atoms with van der Waals surface area (Å²) in [5.41, 5.74) is 6.38. The molecule has 0 bridgehead atoms. The number of rotatable bonds is 5. The lowest BCUT2D eigenvalue weighted by Crippen LogP contribution is -2.26. The van der Waals surface area contributed by atoms with E-state index >= 15 is 0 Å². The van der Waals surface area contributed by atoms with Gasteiger partial charge in [-0.25, -0.2) is 8.42 Å². The molecule has 2 heterocycles. The van der Waals surface area contributed by atoms with Crippen molar-refractivity contribution in [3.05, 3.63) is 51.1 Å². The van der Waals surface area contributed by atoms with Gasteiger partial charge in [-0.05, 0) is 67.7 Å². The van der Waals surface area contributed by atoms with Crippen molar-refractivity contribution in [1.29, 1.82) is 0 Å². The highest BCUT2D eigenvalue weighted by molar-refractivity contribution is 7.90. The van der Waals surface area contributed by atoms with Gasteiger partial charge in [0.15, 0.2) is 9.84 Å². The first-order valence-electron chi connectivity index (χ1n) is 11.1. The van der Waals surface area contributed by atoms with Crippen molar-refractivity contribution in [3.63, 3.8) is 0 Å². The number of fused-ring (bicyclic) bond motifs is 2. The summed E-state index contributed by atoms with van der Waals surface area (Å²) in [4.78, 5) is 12.7. The zero-order valence-electron chi connectivity index (χ0n) is 17.9. The molecule has 0 aromatic carbocycles. The van der Waals surface area contributed by atoms with Gasteiger partial charge in [0.2, 0.25) is 0 Å². The number of nitrogens with zero attached hydrogens (tertiary/aromatic N) is 2. The van der Waals surface area contributed by atoms with Crippen molar-refractivity contribution < 1.29 is 8.42 Å². The molecule has 0 aliphatic heterocycles. The topological polar surface area (TPSA) is 61.1 Å². The van der Waals surface area contributed by atoms with Crippen LogP contribution in [0.3, 0.4) is 0 Å². The van der Waals surface area contributed by atoms with E-state index in [2.05, 4.69) is 16.7 Å². The minimum Gasteiger partial charge on any atom is -0.341 e.